The first-order chi connectivity index (χ1) is 12.7. The number of carbonyl (C=O) groups excluding carboxylic acids is 1. The van der Waals surface area contributed by atoms with Crippen LogP contribution in [0.1, 0.15) is 28.4 Å². The van der Waals surface area contributed by atoms with Crippen LogP contribution < -0.4 is 0 Å². The number of imidazole rings is 1. The van der Waals surface area contributed by atoms with Crippen LogP contribution in [0, 0.1) is 12.8 Å². The number of H-pyrrole nitrogens is 1. The predicted octanol–water partition coefficient (Wildman–Crippen LogP) is 2.22. The molecule has 0 bridgehead atoms. The summed E-state index contributed by atoms with van der Waals surface area (Å²) in [5.41, 5.74) is 3.42. The summed E-state index contributed by atoms with van der Waals surface area (Å²) in [5.74, 6) is 1.34. The molecular weight excluding hydrogens is 330 g/mol. The number of hydrogen-bond acceptors (Lipinski definition) is 4. The van der Waals surface area contributed by atoms with Gasteiger partial charge in [-0.1, -0.05) is 12.1 Å². The number of hydrogen-bond donors (Lipinski definition) is 1. The number of nitrogens with zero attached hydrogens (tertiary/aromatic N) is 4. The van der Waals surface area contributed by atoms with Crippen LogP contribution in [0.25, 0.3) is 11.0 Å². The lowest BCUT2D eigenvalue weighted by Gasteiger charge is -2.14. The van der Waals surface area contributed by atoms with Crippen LogP contribution in [0.5, 0.6) is 0 Å². The molecule has 1 amide bonds. The number of aryl methyl sites for hydroxylation is 1. The van der Waals surface area contributed by atoms with E-state index in [1.54, 1.807) is 7.11 Å². The summed E-state index contributed by atoms with van der Waals surface area (Å²) in [5, 5.41) is 7.25. The van der Waals surface area contributed by atoms with E-state index < -0.39 is 0 Å². The molecule has 7 heteroatoms. The number of carbonyl (C=O) groups is 1. The molecule has 0 radical (unpaired) electrons. The molecule has 0 spiro atoms. The number of rotatable bonds is 5. The molecular formula is C19H23N5O2. The molecule has 136 valence electrons. The number of fused-ring (bicyclic) bond motifs is 1. The van der Waals surface area contributed by atoms with Gasteiger partial charge in [0.2, 0.25) is 0 Å². The Hall–Kier alpha value is -2.67. The maximum absolute atomic E-state index is 12.7. The first-order valence-corrected chi connectivity index (χ1v) is 8.90. The largest absolute Gasteiger partial charge is 0.384 e. The lowest BCUT2D eigenvalue weighted by molar-refractivity contribution is 0.0769. The Morgan fingerprint density at radius 2 is 2.23 bits per heavy atom. The molecule has 3 aromatic rings. The number of amides is 1. The minimum Gasteiger partial charge on any atom is -0.384 e. The Morgan fingerprint density at radius 1 is 1.38 bits per heavy atom. The minimum absolute atomic E-state index is 0.0154. The van der Waals surface area contributed by atoms with Crippen molar-refractivity contribution in [2.75, 3.05) is 26.8 Å². The molecule has 1 atom stereocenters. The second-order valence-electron chi connectivity index (χ2n) is 6.87. The van der Waals surface area contributed by atoms with Gasteiger partial charge in [-0.2, -0.15) is 5.10 Å². The molecule has 2 aromatic heterocycles. The number of ether oxygens (including phenoxy) is 1. The van der Waals surface area contributed by atoms with Crippen molar-refractivity contribution in [1.29, 1.82) is 0 Å². The highest BCUT2D eigenvalue weighted by molar-refractivity contribution is 5.92. The molecule has 1 aromatic carbocycles. The highest BCUT2D eigenvalue weighted by atomic mass is 16.5. The first-order valence-electron chi connectivity index (χ1n) is 8.90. The fraction of sp³-hybridized carbons (Fsp3) is 0.421. The standard InChI is InChI=1S/C19H23N5O2/c1-13-20-16-5-3-4-6-18(16)24(13)11-15-9-17(22-21-15)19(25)23-8-7-14(10-23)12-26-2/h3-6,9,14H,7-8,10-12H2,1-2H3,(H,21,22)/t14-/m0/s1. The zero-order chi connectivity index (χ0) is 18.1. The van der Waals surface area contributed by atoms with E-state index in [0.717, 1.165) is 42.1 Å². The summed E-state index contributed by atoms with van der Waals surface area (Å²) in [6.07, 6.45) is 0.983. The molecule has 1 saturated heterocycles. The van der Waals surface area contributed by atoms with Crippen molar-refractivity contribution < 1.29 is 9.53 Å². The summed E-state index contributed by atoms with van der Waals surface area (Å²) >= 11 is 0. The lowest BCUT2D eigenvalue weighted by Crippen LogP contribution is -2.29. The Morgan fingerprint density at radius 3 is 3.08 bits per heavy atom. The topological polar surface area (TPSA) is 76.0 Å². The van der Waals surface area contributed by atoms with Crippen molar-refractivity contribution in [1.82, 2.24) is 24.6 Å². The van der Waals surface area contributed by atoms with E-state index in [2.05, 4.69) is 25.8 Å². The molecule has 4 rings (SSSR count). The molecule has 0 unspecified atom stereocenters. The van der Waals surface area contributed by atoms with Gasteiger partial charge in [0.05, 0.1) is 29.9 Å². The van der Waals surface area contributed by atoms with Gasteiger partial charge in [-0.15, -0.1) is 0 Å². The Kier molecular flexibility index (Phi) is 4.46. The van der Waals surface area contributed by atoms with Crippen molar-refractivity contribution in [3.05, 3.63) is 47.5 Å². The highest BCUT2D eigenvalue weighted by Crippen LogP contribution is 2.20. The zero-order valence-electron chi connectivity index (χ0n) is 15.1. The van der Waals surface area contributed by atoms with Crippen LogP contribution in [0.2, 0.25) is 0 Å². The highest BCUT2D eigenvalue weighted by Gasteiger charge is 2.28. The van der Waals surface area contributed by atoms with Crippen molar-refractivity contribution in [2.45, 2.75) is 19.9 Å². The summed E-state index contributed by atoms with van der Waals surface area (Å²) < 4.78 is 7.33. The number of aromatic nitrogens is 4. The Bertz CT molecular complexity index is 929. The fourth-order valence-corrected chi connectivity index (χ4v) is 3.67. The number of nitrogens with one attached hydrogen (secondary N) is 1. The lowest BCUT2D eigenvalue weighted by atomic mass is 10.1. The van der Waals surface area contributed by atoms with Gasteiger partial charge in [0.25, 0.3) is 5.91 Å². The smallest absolute Gasteiger partial charge is 0.274 e. The zero-order valence-corrected chi connectivity index (χ0v) is 15.1. The van der Waals surface area contributed by atoms with E-state index in [1.165, 1.54) is 0 Å². The number of aromatic amines is 1. The van der Waals surface area contributed by atoms with Gasteiger partial charge in [0.15, 0.2) is 0 Å². The van der Waals surface area contributed by atoms with Crippen molar-refractivity contribution in [3.8, 4) is 0 Å². The van der Waals surface area contributed by atoms with Crippen LogP contribution in [0.4, 0.5) is 0 Å². The summed E-state index contributed by atoms with van der Waals surface area (Å²) in [7, 11) is 1.70. The van der Waals surface area contributed by atoms with Gasteiger partial charge in [0, 0.05) is 26.1 Å². The van der Waals surface area contributed by atoms with Crippen molar-refractivity contribution in [3.63, 3.8) is 0 Å². The van der Waals surface area contributed by atoms with E-state index in [0.29, 0.717) is 24.8 Å². The maximum Gasteiger partial charge on any atom is 0.274 e. The van der Waals surface area contributed by atoms with Crippen LogP contribution >= 0.6 is 0 Å². The van der Waals surface area contributed by atoms with E-state index in [1.807, 2.05) is 36.1 Å². The maximum atomic E-state index is 12.7. The van der Waals surface area contributed by atoms with Crippen LogP contribution in [0.3, 0.4) is 0 Å². The van der Waals surface area contributed by atoms with Gasteiger partial charge < -0.3 is 14.2 Å². The first kappa shape index (κ1) is 16.8. The molecule has 1 fully saturated rings. The minimum atomic E-state index is -0.0154. The SMILES string of the molecule is COC[C@H]1CCN(C(=O)c2cc(Cn3c(C)nc4ccccc43)[nH]n2)C1. The average Bonchev–Trinajstić information content (AvgIpc) is 3.35. The number of likely N-dealkylation sites (tertiary alicyclic amines) is 1. The predicted molar refractivity (Wildman–Crippen MR) is 98.0 cm³/mol. The summed E-state index contributed by atoms with van der Waals surface area (Å²) in [4.78, 5) is 19.1. The van der Waals surface area contributed by atoms with Gasteiger partial charge >= 0.3 is 0 Å². The third-order valence-corrected chi connectivity index (χ3v) is 5.00. The average molecular weight is 353 g/mol. The summed E-state index contributed by atoms with van der Waals surface area (Å²) in [6, 6.07) is 9.90. The van der Waals surface area contributed by atoms with Crippen LogP contribution in [0.15, 0.2) is 30.3 Å². The molecule has 0 saturated carbocycles. The van der Waals surface area contributed by atoms with Gasteiger partial charge in [-0.3, -0.25) is 9.89 Å². The number of benzene rings is 1. The summed E-state index contributed by atoms with van der Waals surface area (Å²) in [6.45, 7) is 4.80. The molecule has 1 N–H and O–H groups in total. The van der Waals surface area contributed by atoms with E-state index >= 15 is 0 Å². The fourth-order valence-electron chi connectivity index (χ4n) is 3.67. The monoisotopic (exact) mass is 353 g/mol. The Labute approximate surface area is 152 Å². The van der Waals surface area contributed by atoms with E-state index in [9.17, 15) is 4.79 Å². The van der Waals surface area contributed by atoms with Gasteiger partial charge in [0.1, 0.15) is 11.5 Å². The van der Waals surface area contributed by atoms with Crippen LogP contribution in [-0.4, -0.2) is 57.4 Å². The molecule has 3 heterocycles. The third-order valence-electron chi connectivity index (χ3n) is 5.00. The molecule has 26 heavy (non-hydrogen) atoms. The van der Waals surface area contributed by atoms with Crippen molar-refractivity contribution >= 4 is 16.9 Å². The second-order valence-corrected chi connectivity index (χ2v) is 6.87. The Balaban J connectivity index is 1.49. The quantitative estimate of drug-likeness (QED) is 0.763. The third kappa shape index (κ3) is 3.10. The molecule has 1 aliphatic rings. The van der Waals surface area contributed by atoms with Gasteiger partial charge in [-0.25, -0.2) is 4.98 Å². The van der Waals surface area contributed by atoms with Crippen LogP contribution in [-0.2, 0) is 11.3 Å². The molecule has 7 nitrogen and oxygen atoms in total. The van der Waals surface area contributed by atoms with Crippen molar-refractivity contribution in [2.24, 2.45) is 5.92 Å². The molecule has 0 aliphatic carbocycles. The van der Waals surface area contributed by atoms with E-state index in [-0.39, 0.29) is 5.91 Å². The molecule has 1 aliphatic heterocycles. The number of para-hydroxylation sites is 2. The normalized spacial score (nSPS) is 17.3. The second kappa shape index (κ2) is 6.92. The van der Waals surface area contributed by atoms with Gasteiger partial charge in [-0.05, 0) is 31.5 Å². The number of methoxy groups -OCH3 is 1. The van der Waals surface area contributed by atoms with E-state index in [4.69, 9.17) is 4.74 Å².